The molecule has 4 nitrogen and oxygen atoms in total. The number of nitrogens with zero attached hydrogens (tertiary/aromatic N) is 1. The molecule has 0 saturated carbocycles. The average molecular weight is 273 g/mol. The third-order valence-corrected chi connectivity index (χ3v) is 3.15. The fourth-order valence-electron chi connectivity index (χ4n) is 2.06. The number of benzene rings is 2. The lowest BCUT2D eigenvalue weighted by molar-refractivity contribution is 0.282. The van der Waals surface area contributed by atoms with E-state index in [9.17, 15) is 0 Å². The molecule has 20 heavy (non-hydrogen) atoms. The van der Waals surface area contributed by atoms with Crippen LogP contribution in [0.4, 0.5) is 0 Å². The summed E-state index contributed by atoms with van der Waals surface area (Å²) >= 11 is 0. The van der Waals surface area contributed by atoms with Gasteiger partial charge in [-0.05, 0) is 48.9 Å². The van der Waals surface area contributed by atoms with Gasteiger partial charge >= 0.3 is 7.12 Å². The number of fused-ring (bicyclic) bond motifs is 1. The molecule has 0 unspecified atom stereocenters. The van der Waals surface area contributed by atoms with E-state index in [1.54, 1.807) is 12.1 Å². The second kappa shape index (κ2) is 6.75. The summed E-state index contributed by atoms with van der Waals surface area (Å²) in [7, 11) is 2.66. The topological polar surface area (TPSA) is 52.9 Å². The first-order valence-corrected chi connectivity index (χ1v) is 6.73. The first-order valence-electron chi connectivity index (χ1n) is 6.73. The number of hydrogen-bond donors (Lipinski definition) is 2. The van der Waals surface area contributed by atoms with Crippen molar-refractivity contribution in [3.63, 3.8) is 0 Å². The van der Waals surface area contributed by atoms with Gasteiger partial charge in [0, 0.05) is 6.54 Å². The Hall–Kier alpha value is -1.56. The molecule has 0 radical (unpaired) electrons. The zero-order valence-electron chi connectivity index (χ0n) is 11.9. The van der Waals surface area contributed by atoms with Gasteiger partial charge in [-0.3, -0.25) is 0 Å². The monoisotopic (exact) mass is 273 g/mol. The van der Waals surface area contributed by atoms with Crippen LogP contribution in [-0.4, -0.2) is 49.3 Å². The molecule has 2 aromatic carbocycles. The Bertz CT molecular complexity index is 572. The second-order valence-electron chi connectivity index (χ2n) is 5.15. The van der Waals surface area contributed by atoms with Crippen LogP contribution in [0, 0.1) is 0 Å². The number of rotatable bonds is 6. The summed E-state index contributed by atoms with van der Waals surface area (Å²) in [5.74, 6) is 0.841. The van der Waals surface area contributed by atoms with E-state index in [2.05, 4.69) is 4.90 Å². The minimum atomic E-state index is -1.43. The van der Waals surface area contributed by atoms with Crippen molar-refractivity contribution in [1.82, 2.24) is 4.90 Å². The van der Waals surface area contributed by atoms with Crippen LogP contribution in [0.2, 0.25) is 0 Å². The predicted octanol–water partition coefficient (Wildman–Crippen LogP) is 0.850. The van der Waals surface area contributed by atoms with Crippen LogP contribution in [0.5, 0.6) is 5.75 Å². The minimum absolute atomic E-state index is 0.497. The van der Waals surface area contributed by atoms with Gasteiger partial charge in [-0.1, -0.05) is 24.3 Å². The molecule has 0 fully saturated rings. The lowest BCUT2D eigenvalue weighted by atomic mass is 9.79. The lowest BCUT2D eigenvalue weighted by Gasteiger charge is -2.11. The van der Waals surface area contributed by atoms with Crippen molar-refractivity contribution >= 4 is 23.4 Å². The van der Waals surface area contributed by atoms with Crippen molar-refractivity contribution in [2.75, 3.05) is 27.2 Å². The van der Waals surface area contributed by atoms with Crippen LogP contribution in [-0.2, 0) is 0 Å². The van der Waals surface area contributed by atoms with Crippen LogP contribution in [0.1, 0.15) is 6.42 Å². The van der Waals surface area contributed by atoms with Gasteiger partial charge in [-0.15, -0.1) is 0 Å². The fraction of sp³-hybridized carbons (Fsp3) is 0.333. The normalized spacial score (nSPS) is 11.1. The maximum absolute atomic E-state index is 9.15. The molecule has 0 saturated heterocycles. The van der Waals surface area contributed by atoms with Gasteiger partial charge in [0.05, 0.1) is 6.61 Å². The highest BCUT2D eigenvalue weighted by Crippen LogP contribution is 2.20. The molecule has 5 heteroatoms. The second-order valence-corrected chi connectivity index (χ2v) is 5.15. The van der Waals surface area contributed by atoms with Crippen LogP contribution in [0.15, 0.2) is 36.4 Å². The first-order chi connectivity index (χ1) is 9.56. The van der Waals surface area contributed by atoms with Crippen LogP contribution < -0.4 is 10.2 Å². The summed E-state index contributed by atoms with van der Waals surface area (Å²) in [6, 6.07) is 11.2. The Kier molecular flexibility index (Phi) is 5.01. The average Bonchev–Trinajstić information content (AvgIpc) is 2.42. The minimum Gasteiger partial charge on any atom is -0.494 e. The molecule has 0 aliphatic carbocycles. The smallest absolute Gasteiger partial charge is 0.488 e. The molecule has 2 aromatic rings. The van der Waals surface area contributed by atoms with Gasteiger partial charge in [-0.2, -0.15) is 0 Å². The molecular weight excluding hydrogens is 253 g/mol. The third-order valence-electron chi connectivity index (χ3n) is 3.15. The predicted molar refractivity (Wildman–Crippen MR) is 82.4 cm³/mol. The van der Waals surface area contributed by atoms with E-state index in [4.69, 9.17) is 14.8 Å². The zero-order chi connectivity index (χ0) is 14.5. The SMILES string of the molecule is CN(C)CCCOc1ccc2cc(B(O)O)ccc2c1. The Morgan fingerprint density at radius 1 is 1.05 bits per heavy atom. The molecule has 0 bridgehead atoms. The van der Waals surface area contributed by atoms with E-state index in [1.165, 1.54) is 0 Å². The van der Waals surface area contributed by atoms with Crippen LogP contribution in [0.25, 0.3) is 10.8 Å². The Balaban J connectivity index is 2.04. The maximum atomic E-state index is 9.15. The fourth-order valence-corrected chi connectivity index (χ4v) is 2.06. The summed E-state index contributed by atoms with van der Waals surface area (Å²) in [5.41, 5.74) is 0.497. The molecule has 0 atom stereocenters. The summed E-state index contributed by atoms with van der Waals surface area (Å²) in [6.45, 7) is 1.70. The van der Waals surface area contributed by atoms with Crippen molar-refractivity contribution in [2.45, 2.75) is 6.42 Å². The molecule has 2 rings (SSSR count). The highest BCUT2D eigenvalue weighted by Gasteiger charge is 2.10. The molecule has 0 spiro atoms. The van der Waals surface area contributed by atoms with Crippen LogP contribution in [0.3, 0.4) is 0 Å². The highest BCUT2D eigenvalue weighted by molar-refractivity contribution is 6.58. The van der Waals surface area contributed by atoms with E-state index in [1.807, 2.05) is 38.4 Å². The van der Waals surface area contributed by atoms with Gasteiger partial charge in [0.1, 0.15) is 5.75 Å². The lowest BCUT2D eigenvalue weighted by Crippen LogP contribution is -2.29. The Morgan fingerprint density at radius 2 is 1.75 bits per heavy atom. The van der Waals surface area contributed by atoms with Crippen molar-refractivity contribution in [2.24, 2.45) is 0 Å². The number of ether oxygens (including phenoxy) is 1. The molecule has 0 aliphatic rings. The summed E-state index contributed by atoms with van der Waals surface area (Å²) < 4.78 is 5.72. The summed E-state index contributed by atoms with van der Waals surface area (Å²) in [5, 5.41) is 20.3. The largest absolute Gasteiger partial charge is 0.494 e. The van der Waals surface area contributed by atoms with Crippen molar-refractivity contribution in [1.29, 1.82) is 0 Å². The van der Waals surface area contributed by atoms with E-state index < -0.39 is 7.12 Å². The van der Waals surface area contributed by atoms with Crippen molar-refractivity contribution in [3.8, 4) is 5.75 Å². The van der Waals surface area contributed by atoms with Crippen molar-refractivity contribution in [3.05, 3.63) is 36.4 Å². The van der Waals surface area contributed by atoms with Gasteiger partial charge in [0.2, 0.25) is 0 Å². The molecule has 0 heterocycles. The van der Waals surface area contributed by atoms with Crippen LogP contribution >= 0.6 is 0 Å². The van der Waals surface area contributed by atoms with Gasteiger partial charge in [0.25, 0.3) is 0 Å². The Labute approximate surface area is 119 Å². The first kappa shape index (κ1) is 14.8. The quantitative estimate of drug-likeness (QED) is 0.605. The zero-order valence-corrected chi connectivity index (χ0v) is 11.9. The van der Waals surface area contributed by atoms with E-state index in [0.29, 0.717) is 12.1 Å². The number of hydrogen-bond acceptors (Lipinski definition) is 4. The Morgan fingerprint density at radius 3 is 2.45 bits per heavy atom. The molecule has 0 amide bonds. The van der Waals surface area contributed by atoms with Crippen molar-refractivity contribution < 1.29 is 14.8 Å². The summed E-state index contributed by atoms with van der Waals surface area (Å²) in [4.78, 5) is 2.13. The molecule has 2 N–H and O–H groups in total. The molecule has 0 aliphatic heterocycles. The third kappa shape index (κ3) is 3.97. The van der Waals surface area contributed by atoms with E-state index >= 15 is 0 Å². The van der Waals surface area contributed by atoms with Gasteiger partial charge in [0.15, 0.2) is 0 Å². The molecule has 106 valence electrons. The maximum Gasteiger partial charge on any atom is 0.488 e. The van der Waals surface area contributed by atoms with Gasteiger partial charge < -0.3 is 19.7 Å². The summed E-state index contributed by atoms with van der Waals surface area (Å²) in [6.07, 6.45) is 0.987. The van der Waals surface area contributed by atoms with Gasteiger partial charge in [-0.25, -0.2) is 0 Å². The molecular formula is C15H20BNO3. The van der Waals surface area contributed by atoms with E-state index in [0.717, 1.165) is 29.5 Å². The standard InChI is InChI=1S/C15H20BNO3/c1-17(2)8-3-9-20-15-7-5-12-10-14(16(18)19)6-4-13(12)11-15/h4-7,10-11,18-19H,3,8-9H2,1-2H3. The van der Waals surface area contributed by atoms with E-state index in [-0.39, 0.29) is 0 Å². The molecule has 0 aromatic heterocycles. The highest BCUT2D eigenvalue weighted by atomic mass is 16.5.